The summed E-state index contributed by atoms with van der Waals surface area (Å²) in [5.74, 6) is -0.184. The molecule has 8 heteroatoms. The number of rotatable bonds is 7. The molecule has 0 bridgehead atoms. The highest BCUT2D eigenvalue weighted by molar-refractivity contribution is 5.33. The molecule has 0 aromatic heterocycles. The molecule has 0 radical (unpaired) electrons. The molecular formula is C16H20F6O2. The summed E-state index contributed by atoms with van der Waals surface area (Å²) in [5, 5.41) is 0. The molecule has 1 unspecified atom stereocenters. The lowest BCUT2D eigenvalue weighted by molar-refractivity contribution is -0.401. The first-order valence-corrected chi connectivity index (χ1v) is 7.46. The van der Waals surface area contributed by atoms with Crippen molar-refractivity contribution in [3.63, 3.8) is 0 Å². The molecule has 0 aliphatic rings. The SMILES string of the molecule is CCOCOC(c1cccc(C(C)CC)c1)(C(F)(F)F)C(F)(F)F. The topological polar surface area (TPSA) is 18.5 Å². The molecule has 0 fully saturated rings. The first-order valence-electron chi connectivity index (χ1n) is 7.46. The average molecular weight is 358 g/mol. The number of hydrogen-bond acceptors (Lipinski definition) is 2. The zero-order valence-corrected chi connectivity index (χ0v) is 13.6. The van der Waals surface area contributed by atoms with Crippen molar-refractivity contribution in [2.75, 3.05) is 13.4 Å². The summed E-state index contributed by atoms with van der Waals surface area (Å²) < 4.78 is 89.8. The van der Waals surface area contributed by atoms with E-state index in [1.165, 1.54) is 19.1 Å². The smallest absolute Gasteiger partial charge is 0.356 e. The van der Waals surface area contributed by atoms with E-state index in [0.717, 1.165) is 12.1 Å². The molecule has 0 saturated carbocycles. The van der Waals surface area contributed by atoms with Crippen molar-refractivity contribution in [2.45, 2.75) is 51.1 Å². The maximum Gasteiger partial charge on any atom is 0.430 e. The second-order valence-electron chi connectivity index (χ2n) is 5.37. The van der Waals surface area contributed by atoms with E-state index >= 15 is 0 Å². The normalized spacial score (nSPS) is 14.7. The van der Waals surface area contributed by atoms with Gasteiger partial charge in [-0.25, -0.2) is 0 Å². The van der Waals surface area contributed by atoms with E-state index in [1.54, 1.807) is 13.8 Å². The number of alkyl halides is 6. The van der Waals surface area contributed by atoms with E-state index in [0.29, 0.717) is 12.0 Å². The maximum atomic E-state index is 13.5. The minimum atomic E-state index is -5.70. The molecule has 0 spiro atoms. The van der Waals surface area contributed by atoms with Crippen molar-refractivity contribution < 1.29 is 35.8 Å². The summed E-state index contributed by atoms with van der Waals surface area (Å²) in [6.45, 7) is 3.77. The standard InChI is InChI=1S/C16H20F6O2/c1-4-11(3)12-7-6-8-13(9-12)14(15(17,18)19,16(20,21)22)24-10-23-5-2/h6-9,11H,4-5,10H2,1-3H3. The van der Waals surface area contributed by atoms with Gasteiger partial charge >= 0.3 is 12.4 Å². The van der Waals surface area contributed by atoms with E-state index < -0.39 is 30.3 Å². The summed E-state index contributed by atoms with van der Waals surface area (Å²) in [6, 6.07) is 4.35. The molecule has 0 aliphatic carbocycles. The van der Waals surface area contributed by atoms with Gasteiger partial charge in [-0.15, -0.1) is 0 Å². The van der Waals surface area contributed by atoms with Crippen LogP contribution in [-0.2, 0) is 15.1 Å². The number of benzene rings is 1. The monoisotopic (exact) mass is 358 g/mol. The third kappa shape index (κ3) is 4.03. The highest BCUT2D eigenvalue weighted by atomic mass is 19.4. The van der Waals surface area contributed by atoms with Gasteiger partial charge in [0.1, 0.15) is 6.79 Å². The van der Waals surface area contributed by atoms with Crippen LogP contribution in [0.4, 0.5) is 26.3 Å². The quantitative estimate of drug-likeness (QED) is 0.362. The van der Waals surface area contributed by atoms with Crippen LogP contribution in [0.2, 0.25) is 0 Å². The van der Waals surface area contributed by atoms with E-state index in [2.05, 4.69) is 9.47 Å². The predicted octanol–water partition coefficient (Wildman–Crippen LogP) is 5.53. The Balaban J connectivity index is 3.51. The Labute approximate surface area is 136 Å². The fourth-order valence-corrected chi connectivity index (χ4v) is 2.25. The minimum Gasteiger partial charge on any atom is -0.356 e. The molecule has 0 heterocycles. The van der Waals surface area contributed by atoms with E-state index in [4.69, 9.17) is 0 Å². The molecule has 24 heavy (non-hydrogen) atoms. The summed E-state index contributed by atoms with van der Waals surface area (Å²) in [4.78, 5) is 0. The van der Waals surface area contributed by atoms with Crippen LogP contribution in [0.3, 0.4) is 0 Å². The Hall–Kier alpha value is -1.28. The van der Waals surface area contributed by atoms with Gasteiger partial charge in [-0.05, 0) is 24.8 Å². The van der Waals surface area contributed by atoms with Crippen LogP contribution < -0.4 is 0 Å². The summed E-state index contributed by atoms with van der Waals surface area (Å²) in [6.07, 6.45) is -10.8. The second kappa shape index (κ2) is 7.74. The van der Waals surface area contributed by atoms with Crippen molar-refractivity contribution in [1.29, 1.82) is 0 Å². The second-order valence-corrected chi connectivity index (χ2v) is 5.37. The van der Waals surface area contributed by atoms with Crippen LogP contribution >= 0.6 is 0 Å². The molecule has 0 saturated heterocycles. The van der Waals surface area contributed by atoms with Gasteiger partial charge in [0.15, 0.2) is 0 Å². The third-order valence-electron chi connectivity index (χ3n) is 3.84. The fraction of sp³-hybridized carbons (Fsp3) is 0.625. The van der Waals surface area contributed by atoms with Crippen LogP contribution in [0, 0.1) is 0 Å². The van der Waals surface area contributed by atoms with Gasteiger partial charge in [0.2, 0.25) is 0 Å². The van der Waals surface area contributed by atoms with Crippen LogP contribution in [0.15, 0.2) is 24.3 Å². The highest BCUT2D eigenvalue weighted by Crippen LogP contribution is 2.53. The Morgan fingerprint density at radius 3 is 2.04 bits per heavy atom. The van der Waals surface area contributed by atoms with Crippen molar-refractivity contribution in [3.8, 4) is 0 Å². The number of ether oxygens (including phenoxy) is 2. The van der Waals surface area contributed by atoms with Crippen molar-refractivity contribution >= 4 is 0 Å². The molecule has 1 rings (SSSR count). The molecule has 1 atom stereocenters. The summed E-state index contributed by atoms with van der Waals surface area (Å²) in [7, 11) is 0. The number of hydrogen-bond donors (Lipinski definition) is 0. The van der Waals surface area contributed by atoms with E-state index in [1.807, 2.05) is 0 Å². The first kappa shape index (κ1) is 20.8. The van der Waals surface area contributed by atoms with Gasteiger partial charge in [0.05, 0.1) is 0 Å². The lowest BCUT2D eigenvalue weighted by atomic mass is 9.88. The lowest BCUT2D eigenvalue weighted by Gasteiger charge is -2.37. The fourth-order valence-electron chi connectivity index (χ4n) is 2.25. The molecule has 0 N–H and O–H groups in total. The Morgan fingerprint density at radius 2 is 1.58 bits per heavy atom. The van der Waals surface area contributed by atoms with Crippen LogP contribution in [0.25, 0.3) is 0 Å². The largest absolute Gasteiger partial charge is 0.430 e. The van der Waals surface area contributed by atoms with E-state index in [9.17, 15) is 26.3 Å². The molecule has 1 aromatic rings. The van der Waals surface area contributed by atoms with Crippen LogP contribution in [-0.4, -0.2) is 25.8 Å². The molecule has 1 aromatic carbocycles. The molecular weight excluding hydrogens is 338 g/mol. The summed E-state index contributed by atoms with van der Waals surface area (Å²) in [5.41, 5.74) is -5.05. The Kier molecular flexibility index (Phi) is 6.69. The van der Waals surface area contributed by atoms with Crippen molar-refractivity contribution in [3.05, 3.63) is 35.4 Å². The Morgan fingerprint density at radius 1 is 1.00 bits per heavy atom. The third-order valence-corrected chi connectivity index (χ3v) is 3.84. The number of halogens is 6. The maximum absolute atomic E-state index is 13.5. The molecule has 2 nitrogen and oxygen atoms in total. The van der Waals surface area contributed by atoms with Gasteiger partial charge < -0.3 is 9.47 Å². The zero-order chi connectivity index (χ0) is 18.6. The van der Waals surface area contributed by atoms with Gasteiger partial charge in [0, 0.05) is 12.2 Å². The molecule has 0 amide bonds. The first-order chi connectivity index (χ1) is 11.0. The van der Waals surface area contributed by atoms with Crippen LogP contribution in [0.1, 0.15) is 44.2 Å². The molecule has 138 valence electrons. The van der Waals surface area contributed by atoms with Crippen molar-refractivity contribution in [1.82, 2.24) is 0 Å². The van der Waals surface area contributed by atoms with Gasteiger partial charge in [0.25, 0.3) is 5.60 Å². The van der Waals surface area contributed by atoms with E-state index in [-0.39, 0.29) is 12.5 Å². The van der Waals surface area contributed by atoms with Crippen LogP contribution in [0.5, 0.6) is 0 Å². The van der Waals surface area contributed by atoms with Gasteiger partial charge in [-0.2, -0.15) is 26.3 Å². The van der Waals surface area contributed by atoms with Crippen molar-refractivity contribution in [2.24, 2.45) is 0 Å². The highest BCUT2D eigenvalue weighted by Gasteiger charge is 2.73. The minimum absolute atomic E-state index is 0.0707. The zero-order valence-electron chi connectivity index (χ0n) is 13.6. The van der Waals surface area contributed by atoms with Gasteiger partial charge in [-0.1, -0.05) is 38.1 Å². The predicted molar refractivity (Wildman–Crippen MR) is 76.5 cm³/mol. The average Bonchev–Trinajstić information content (AvgIpc) is 2.48. The Bertz CT molecular complexity index is 510. The lowest BCUT2D eigenvalue weighted by Crippen LogP contribution is -2.56. The molecule has 0 aliphatic heterocycles. The van der Waals surface area contributed by atoms with Gasteiger partial charge in [-0.3, -0.25) is 0 Å². The summed E-state index contributed by atoms with van der Waals surface area (Å²) >= 11 is 0.